The minimum absolute atomic E-state index is 0.233. The molecular formula is C22H33Cl2N3O4S. The monoisotopic (exact) mass is 505 g/mol. The van der Waals surface area contributed by atoms with Crippen LogP contribution in [0.5, 0.6) is 0 Å². The fourth-order valence-electron chi connectivity index (χ4n) is 3.11. The van der Waals surface area contributed by atoms with E-state index in [1.165, 1.54) is 6.92 Å². The maximum Gasteiger partial charge on any atom is 0.328 e. The Hall–Kier alpha value is -1.64. The van der Waals surface area contributed by atoms with Crippen molar-refractivity contribution in [3.05, 3.63) is 29.8 Å². The summed E-state index contributed by atoms with van der Waals surface area (Å²) in [6.07, 6.45) is 2.66. The van der Waals surface area contributed by atoms with Gasteiger partial charge in [-0.25, -0.2) is 4.79 Å². The van der Waals surface area contributed by atoms with Gasteiger partial charge in [0.2, 0.25) is 11.8 Å². The van der Waals surface area contributed by atoms with Crippen molar-refractivity contribution in [3.8, 4) is 0 Å². The third-order valence-corrected chi connectivity index (χ3v) is 5.62. The number of thioether (sulfide) groups is 1. The molecule has 0 fully saturated rings. The van der Waals surface area contributed by atoms with Gasteiger partial charge in [0.05, 0.1) is 6.61 Å². The molecule has 1 aromatic carbocycles. The number of rotatable bonds is 15. The lowest BCUT2D eigenvalue weighted by Crippen LogP contribution is -2.52. The molecule has 0 aliphatic rings. The molecule has 7 nitrogen and oxygen atoms in total. The van der Waals surface area contributed by atoms with Gasteiger partial charge in [0.15, 0.2) is 0 Å². The minimum Gasteiger partial charge on any atom is -0.464 e. The zero-order valence-corrected chi connectivity index (χ0v) is 21.2. The molecular weight excluding hydrogens is 473 g/mol. The van der Waals surface area contributed by atoms with Crippen molar-refractivity contribution in [2.75, 3.05) is 48.4 Å². The van der Waals surface area contributed by atoms with Crippen molar-refractivity contribution >= 4 is 58.4 Å². The topological polar surface area (TPSA) is 87.7 Å². The van der Waals surface area contributed by atoms with Crippen molar-refractivity contribution in [2.45, 2.75) is 38.8 Å². The number of halogens is 2. The Bertz CT molecular complexity index is 716. The predicted octanol–water partition coefficient (Wildman–Crippen LogP) is 2.82. The lowest BCUT2D eigenvalue weighted by molar-refractivity contribution is -0.147. The van der Waals surface area contributed by atoms with E-state index in [2.05, 4.69) is 15.5 Å². The third-order valence-electron chi connectivity index (χ3n) is 4.64. The first-order valence-electron chi connectivity index (χ1n) is 10.5. The average Bonchev–Trinajstić information content (AvgIpc) is 2.76. The first-order chi connectivity index (χ1) is 15.4. The molecule has 10 heteroatoms. The number of amides is 2. The lowest BCUT2D eigenvalue weighted by atomic mass is 10.0. The Balaban J connectivity index is 2.93. The fraction of sp³-hybridized carbons (Fsp3) is 0.591. The van der Waals surface area contributed by atoms with Crippen LogP contribution in [0.2, 0.25) is 0 Å². The number of esters is 1. The van der Waals surface area contributed by atoms with Crippen LogP contribution in [0.25, 0.3) is 0 Å². The van der Waals surface area contributed by atoms with Gasteiger partial charge in [-0.1, -0.05) is 12.1 Å². The number of benzene rings is 1. The van der Waals surface area contributed by atoms with Gasteiger partial charge in [-0.05, 0) is 43.0 Å². The predicted molar refractivity (Wildman–Crippen MR) is 133 cm³/mol. The van der Waals surface area contributed by atoms with Crippen LogP contribution in [0.1, 0.15) is 25.8 Å². The highest BCUT2D eigenvalue weighted by molar-refractivity contribution is 7.98. The van der Waals surface area contributed by atoms with Crippen LogP contribution in [0.4, 0.5) is 5.69 Å². The third kappa shape index (κ3) is 10.3. The van der Waals surface area contributed by atoms with Crippen LogP contribution >= 0.6 is 35.0 Å². The number of nitrogens with zero attached hydrogens (tertiary/aromatic N) is 1. The second kappa shape index (κ2) is 16.0. The molecule has 2 N–H and O–H groups in total. The van der Waals surface area contributed by atoms with E-state index < -0.39 is 24.0 Å². The molecule has 180 valence electrons. The number of hydrogen-bond acceptors (Lipinski definition) is 6. The maximum absolute atomic E-state index is 12.9. The van der Waals surface area contributed by atoms with E-state index in [1.807, 2.05) is 30.5 Å². The largest absolute Gasteiger partial charge is 0.464 e. The molecule has 2 atom stereocenters. The van der Waals surface area contributed by atoms with E-state index >= 15 is 0 Å². The molecule has 0 radical (unpaired) electrons. The Morgan fingerprint density at radius 1 is 1.06 bits per heavy atom. The number of ether oxygens (including phenoxy) is 1. The van der Waals surface area contributed by atoms with Crippen LogP contribution < -0.4 is 15.5 Å². The summed E-state index contributed by atoms with van der Waals surface area (Å²) in [5.41, 5.74) is 1.85. The minimum atomic E-state index is -0.814. The molecule has 0 bridgehead atoms. The number of carbonyl (C=O) groups is 3. The first-order valence-corrected chi connectivity index (χ1v) is 13.0. The van der Waals surface area contributed by atoms with Crippen LogP contribution in [0.3, 0.4) is 0 Å². The van der Waals surface area contributed by atoms with Crippen molar-refractivity contribution in [1.82, 2.24) is 10.6 Å². The molecule has 0 heterocycles. The molecule has 2 unspecified atom stereocenters. The molecule has 0 saturated heterocycles. The van der Waals surface area contributed by atoms with Gasteiger partial charge in [0.25, 0.3) is 0 Å². The summed E-state index contributed by atoms with van der Waals surface area (Å²) in [5.74, 6) is 0.447. The van der Waals surface area contributed by atoms with Gasteiger partial charge in [0.1, 0.15) is 12.1 Å². The average molecular weight is 506 g/mol. The van der Waals surface area contributed by atoms with Crippen molar-refractivity contribution in [1.29, 1.82) is 0 Å². The normalized spacial score (nSPS) is 12.5. The molecule has 0 saturated carbocycles. The summed E-state index contributed by atoms with van der Waals surface area (Å²) in [6.45, 7) is 4.66. The summed E-state index contributed by atoms with van der Waals surface area (Å²) >= 11 is 13.3. The smallest absolute Gasteiger partial charge is 0.328 e. The molecule has 1 rings (SSSR count). The highest BCUT2D eigenvalue weighted by Gasteiger charge is 2.27. The van der Waals surface area contributed by atoms with Crippen LogP contribution in [0, 0.1) is 0 Å². The molecule has 0 spiro atoms. The van der Waals surface area contributed by atoms with E-state index in [4.69, 9.17) is 27.9 Å². The number of hydrogen-bond donors (Lipinski definition) is 2. The Labute approximate surface area is 204 Å². The Kier molecular flexibility index (Phi) is 14.2. The van der Waals surface area contributed by atoms with E-state index in [1.54, 1.807) is 18.7 Å². The molecule has 2 amide bonds. The number of alkyl halides is 2. The van der Waals surface area contributed by atoms with Crippen molar-refractivity contribution in [2.24, 2.45) is 0 Å². The second-order valence-corrected chi connectivity index (χ2v) is 8.82. The highest BCUT2D eigenvalue weighted by atomic mass is 35.5. The summed E-state index contributed by atoms with van der Waals surface area (Å²) < 4.78 is 5.08. The zero-order chi connectivity index (χ0) is 23.9. The zero-order valence-electron chi connectivity index (χ0n) is 18.9. The Morgan fingerprint density at radius 3 is 2.19 bits per heavy atom. The summed E-state index contributed by atoms with van der Waals surface area (Å²) in [4.78, 5) is 39.0. The van der Waals surface area contributed by atoms with Crippen LogP contribution in [-0.4, -0.2) is 73.3 Å². The van der Waals surface area contributed by atoms with Crippen LogP contribution in [0.15, 0.2) is 24.3 Å². The quantitative estimate of drug-likeness (QED) is 0.281. The van der Waals surface area contributed by atoms with Crippen LogP contribution in [-0.2, 0) is 25.5 Å². The highest BCUT2D eigenvalue weighted by Crippen LogP contribution is 2.17. The number of nitrogens with one attached hydrogen (secondary N) is 2. The number of carbonyl (C=O) groups excluding carboxylic acids is 3. The standard InChI is InChI=1S/C22H33Cl2N3O4S/c1-4-31-22(30)19(9-14-32-3)26-21(29)20(25-16(2)28)15-17-5-7-18(8-6-17)27(12-10-23)13-11-24/h5-8,19-20H,4,9-15H2,1-3H3,(H,25,28)(H,26,29). The second-order valence-electron chi connectivity index (χ2n) is 7.08. The molecule has 0 aromatic heterocycles. The van der Waals surface area contributed by atoms with Crippen molar-refractivity contribution < 1.29 is 19.1 Å². The lowest BCUT2D eigenvalue weighted by Gasteiger charge is -2.24. The van der Waals surface area contributed by atoms with E-state index in [0.717, 1.165) is 11.3 Å². The van der Waals surface area contributed by atoms with Crippen molar-refractivity contribution in [3.63, 3.8) is 0 Å². The molecule has 0 aliphatic heterocycles. The molecule has 0 aliphatic carbocycles. The summed E-state index contributed by atoms with van der Waals surface area (Å²) in [7, 11) is 0. The summed E-state index contributed by atoms with van der Waals surface area (Å²) in [5, 5.41) is 5.43. The first kappa shape index (κ1) is 28.4. The van der Waals surface area contributed by atoms with E-state index in [-0.39, 0.29) is 18.9 Å². The molecule has 32 heavy (non-hydrogen) atoms. The molecule has 1 aromatic rings. The maximum atomic E-state index is 12.9. The van der Waals surface area contributed by atoms with Gasteiger partial charge in [-0.2, -0.15) is 11.8 Å². The van der Waals surface area contributed by atoms with Gasteiger partial charge < -0.3 is 20.3 Å². The van der Waals surface area contributed by atoms with E-state index in [0.29, 0.717) is 37.0 Å². The van der Waals surface area contributed by atoms with Gasteiger partial charge >= 0.3 is 5.97 Å². The fourth-order valence-corrected chi connectivity index (χ4v) is 3.99. The van der Waals surface area contributed by atoms with Gasteiger partial charge in [0, 0.05) is 43.9 Å². The van der Waals surface area contributed by atoms with Gasteiger partial charge in [-0.15, -0.1) is 23.2 Å². The van der Waals surface area contributed by atoms with E-state index in [9.17, 15) is 14.4 Å². The number of anilines is 1. The Morgan fingerprint density at radius 2 is 1.69 bits per heavy atom. The SMILES string of the molecule is CCOC(=O)C(CCSC)NC(=O)C(Cc1ccc(N(CCCl)CCCl)cc1)NC(C)=O. The van der Waals surface area contributed by atoms with Gasteiger partial charge in [-0.3, -0.25) is 9.59 Å². The summed E-state index contributed by atoms with van der Waals surface area (Å²) in [6, 6.07) is 6.13.